The standard InChI is InChI=1S/C22H24N4O3/c1-3-29-22(28)24-19(16-9-5-4-6-10-16)13-21(27)25-23-14-17-15-26(2)20-12-8-7-11-18(17)20/h4-12,14-15,19H,3,13H2,1-2H3,(H,24,28)(H,25,27)/b23-14-/t19-/m0/s1. The van der Waals surface area contributed by atoms with Crippen LogP contribution in [-0.4, -0.2) is 29.4 Å². The Bertz CT molecular complexity index is 1010. The van der Waals surface area contributed by atoms with Crippen LogP contribution in [-0.2, 0) is 16.6 Å². The molecule has 2 N–H and O–H groups in total. The fourth-order valence-corrected chi connectivity index (χ4v) is 3.13. The Labute approximate surface area is 169 Å². The van der Waals surface area contributed by atoms with E-state index in [-0.39, 0.29) is 18.9 Å². The number of hydrazone groups is 1. The number of amides is 2. The van der Waals surface area contributed by atoms with Crippen molar-refractivity contribution in [3.05, 3.63) is 71.9 Å². The summed E-state index contributed by atoms with van der Waals surface area (Å²) in [5.41, 5.74) is 5.35. The predicted molar refractivity (Wildman–Crippen MR) is 113 cm³/mol. The average Bonchev–Trinajstić information content (AvgIpc) is 3.04. The van der Waals surface area contributed by atoms with Gasteiger partial charge in [0.05, 0.1) is 25.3 Å². The minimum atomic E-state index is -0.562. The van der Waals surface area contributed by atoms with Crippen LogP contribution in [0.3, 0.4) is 0 Å². The molecule has 0 fully saturated rings. The molecule has 0 saturated heterocycles. The highest BCUT2D eigenvalue weighted by molar-refractivity contribution is 5.99. The van der Waals surface area contributed by atoms with Crippen LogP contribution in [0.1, 0.15) is 30.5 Å². The molecule has 3 rings (SSSR count). The number of ether oxygens (including phenoxy) is 1. The second-order valence-electron chi connectivity index (χ2n) is 6.54. The van der Waals surface area contributed by atoms with Crippen molar-refractivity contribution >= 4 is 29.1 Å². The molecule has 7 heteroatoms. The number of carbonyl (C=O) groups excluding carboxylic acids is 2. The van der Waals surface area contributed by atoms with Crippen LogP contribution in [0.15, 0.2) is 65.9 Å². The minimum absolute atomic E-state index is 0.0374. The molecule has 2 amide bonds. The van der Waals surface area contributed by atoms with Crippen LogP contribution < -0.4 is 10.7 Å². The number of nitrogens with zero attached hydrogens (tertiary/aromatic N) is 2. The summed E-state index contributed by atoms with van der Waals surface area (Å²) < 4.78 is 6.95. The number of carbonyl (C=O) groups is 2. The molecule has 3 aromatic rings. The summed E-state index contributed by atoms with van der Waals surface area (Å²) in [6, 6.07) is 16.7. The summed E-state index contributed by atoms with van der Waals surface area (Å²) in [6.45, 7) is 1.99. The lowest BCUT2D eigenvalue weighted by molar-refractivity contribution is -0.121. The van der Waals surface area contributed by atoms with E-state index < -0.39 is 12.1 Å². The van der Waals surface area contributed by atoms with Crippen LogP contribution in [0.5, 0.6) is 0 Å². The Kier molecular flexibility index (Phi) is 6.63. The monoisotopic (exact) mass is 392 g/mol. The lowest BCUT2D eigenvalue weighted by Crippen LogP contribution is -2.33. The maximum Gasteiger partial charge on any atom is 0.407 e. The summed E-state index contributed by atoms with van der Waals surface area (Å²) in [5.74, 6) is -0.313. The SMILES string of the molecule is CCOC(=O)N[C@@H](CC(=O)N/N=C\c1cn(C)c2ccccc12)c1ccccc1. The Balaban J connectivity index is 1.66. The molecule has 0 radical (unpaired) electrons. The van der Waals surface area contributed by atoms with Crippen molar-refractivity contribution < 1.29 is 14.3 Å². The van der Waals surface area contributed by atoms with Gasteiger partial charge in [0.15, 0.2) is 0 Å². The minimum Gasteiger partial charge on any atom is -0.450 e. The molecule has 29 heavy (non-hydrogen) atoms. The molecule has 7 nitrogen and oxygen atoms in total. The van der Waals surface area contributed by atoms with E-state index in [0.717, 1.165) is 22.0 Å². The zero-order valence-corrected chi connectivity index (χ0v) is 16.5. The van der Waals surface area contributed by atoms with Gasteiger partial charge in [0.2, 0.25) is 5.91 Å². The van der Waals surface area contributed by atoms with Gasteiger partial charge in [0.25, 0.3) is 0 Å². The van der Waals surface area contributed by atoms with E-state index in [4.69, 9.17) is 4.74 Å². The van der Waals surface area contributed by atoms with Crippen molar-refractivity contribution in [3.8, 4) is 0 Å². The third kappa shape index (κ3) is 5.22. The Morgan fingerprint density at radius 2 is 1.86 bits per heavy atom. The number of aromatic nitrogens is 1. The van der Waals surface area contributed by atoms with Crippen molar-refractivity contribution in [1.82, 2.24) is 15.3 Å². The van der Waals surface area contributed by atoms with E-state index in [1.807, 2.05) is 72.4 Å². The molecule has 1 heterocycles. The fraction of sp³-hybridized carbons (Fsp3) is 0.227. The molecule has 0 aliphatic rings. The first-order chi connectivity index (χ1) is 14.1. The van der Waals surface area contributed by atoms with Gasteiger partial charge in [-0.05, 0) is 18.6 Å². The third-order valence-corrected chi connectivity index (χ3v) is 4.48. The van der Waals surface area contributed by atoms with Gasteiger partial charge in [0, 0.05) is 29.7 Å². The van der Waals surface area contributed by atoms with Gasteiger partial charge in [0.1, 0.15) is 0 Å². The second kappa shape index (κ2) is 9.54. The largest absolute Gasteiger partial charge is 0.450 e. The van der Waals surface area contributed by atoms with E-state index >= 15 is 0 Å². The van der Waals surface area contributed by atoms with Gasteiger partial charge in [-0.2, -0.15) is 5.10 Å². The molecule has 0 aliphatic heterocycles. The molecule has 2 aromatic carbocycles. The Hall–Kier alpha value is -3.61. The van der Waals surface area contributed by atoms with E-state index in [0.29, 0.717) is 0 Å². The summed E-state index contributed by atoms with van der Waals surface area (Å²) in [6.07, 6.45) is 3.05. The quantitative estimate of drug-likeness (QED) is 0.477. The zero-order chi connectivity index (χ0) is 20.6. The van der Waals surface area contributed by atoms with Gasteiger partial charge in [-0.25, -0.2) is 10.2 Å². The normalized spacial score (nSPS) is 12.1. The first kappa shape index (κ1) is 20.1. The Morgan fingerprint density at radius 1 is 1.14 bits per heavy atom. The van der Waals surface area contributed by atoms with Crippen LogP contribution in [0.25, 0.3) is 10.9 Å². The van der Waals surface area contributed by atoms with Crippen LogP contribution in [0.2, 0.25) is 0 Å². The lowest BCUT2D eigenvalue weighted by atomic mass is 10.0. The van der Waals surface area contributed by atoms with Crippen molar-refractivity contribution in [2.24, 2.45) is 12.1 Å². The predicted octanol–water partition coefficient (Wildman–Crippen LogP) is 3.51. The van der Waals surface area contributed by atoms with E-state index in [9.17, 15) is 9.59 Å². The van der Waals surface area contributed by atoms with Crippen LogP contribution >= 0.6 is 0 Å². The smallest absolute Gasteiger partial charge is 0.407 e. The molecule has 1 aromatic heterocycles. The van der Waals surface area contributed by atoms with Gasteiger partial charge < -0.3 is 14.6 Å². The number of hydrogen-bond donors (Lipinski definition) is 2. The molecule has 150 valence electrons. The number of aryl methyl sites for hydroxylation is 1. The fourth-order valence-electron chi connectivity index (χ4n) is 3.13. The highest BCUT2D eigenvalue weighted by Crippen LogP contribution is 2.19. The number of benzene rings is 2. The second-order valence-corrected chi connectivity index (χ2v) is 6.54. The number of nitrogens with one attached hydrogen (secondary N) is 2. The molecule has 1 atom stereocenters. The third-order valence-electron chi connectivity index (χ3n) is 4.48. The number of para-hydroxylation sites is 1. The van der Waals surface area contributed by atoms with Gasteiger partial charge in [-0.3, -0.25) is 4.79 Å². The van der Waals surface area contributed by atoms with Crippen LogP contribution in [0, 0.1) is 0 Å². The van der Waals surface area contributed by atoms with E-state index in [1.54, 1.807) is 13.1 Å². The summed E-state index contributed by atoms with van der Waals surface area (Å²) in [5, 5.41) is 7.86. The van der Waals surface area contributed by atoms with Crippen molar-refractivity contribution in [2.45, 2.75) is 19.4 Å². The molecule has 0 unspecified atom stereocenters. The number of alkyl carbamates (subject to hydrolysis) is 1. The number of fused-ring (bicyclic) bond motifs is 1. The van der Waals surface area contributed by atoms with Crippen LogP contribution in [0.4, 0.5) is 4.79 Å². The van der Waals surface area contributed by atoms with E-state index in [1.165, 1.54) is 0 Å². The summed E-state index contributed by atoms with van der Waals surface area (Å²) >= 11 is 0. The molecule has 0 saturated carbocycles. The molecule has 0 spiro atoms. The molecule has 0 bridgehead atoms. The summed E-state index contributed by atoms with van der Waals surface area (Å²) in [7, 11) is 1.96. The molecule has 0 aliphatic carbocycles. The first-order valence-electron chi connectivity index (χ1n) is 9.42. The number of hydrogen-bond acceptors (Lipinski definition) is 4. The molecular formula is C22H24N4O3. The van der Waals surface area contributed by atoms with Crippen molar-refractivity contribution in [2.75, 3.05) is 6.61 Å². The highest BCUT2D eigenvalue weighted by atomic mass is 16.5. The van der Waals surface area contributed by atoms with Gasteiger partial charge in [-0.1, -0.05) is 48.5 Å². The maximum atomic E-state index is 12.4. The van der Waals surface area contributed by atoms with Gasteiger partial charge >= 0.3 is 6.09 Å². The van der Waals surface area contributed by atoms with Crippen molar-refractivity contribution in [3.63, 3.8) is 0 Å². The highest BCUT2D eigenvalue weighted by Gasteiger charge is 2.18. The van der Waals surface area contributed by atoms with Crippen molar-refractivity contribution in [1.29, 1.82) is 0 Å². The Morgan fingerprint density at radius 3 is 2.62 bits per heavy atom. The average molecular weight is 392 g/mol. The van der Waals surface area contributed by atoms with E-state index in [2.05, 4.69) is 15.8 Å². The molecular weight excluding hydrogens is 368 g/mol. The summed E-state index contributed by atoms with van der Waals surface area (Å²) in [4.78, 5) is 24.2. The van der Waals surface area contributed by atoms with Gasteiger partial charge in [-0.15, -0.1) is 0 Å². The topological polar surface area (TPSA) is 84.7 Å². The maximum absolute atomic E-state index is 12.4. The zero-order valence-electron chi connectivity index (χ0n) is 16.5. The first-order valence-corrected chi connectivity index (χ1v) is 9.42. The lowest BCUT2D eigenvalue weighted by Gasteiger charge is -2.18. The number of rotatable bonds is 7.